The third kappa shape index (κ3) is 1.60. The Hall–Kier alpha value is -0.0900. The van der Waals surface area contributed by atoms with Crippen LogP contribution in [0, 0.1) is 23.7 Å². The molecule has 3 fully saturated rings. The fraction of sp³-hybridized carbons (Fsp3) is 0.615. The molecule has 0 aromatic carbocycles. The number of hydrogen-bond donors (Lipinski definition) is 1. The molecular formula is C13H14Br2N2. The summed E-state index contributed by atoms with van der Waals surface area (Å²) < 4.78 is 2.08. The number of anilines is 1. The van der Waals surface area contributed by atoms with Gasteiger partial charge >= 0.3 is 0 Å². The van der Waals surface area contributed by atoms with Gasteiger partial charge in [0.05, 0.1) is 4.47 Å². The second-order valence-corrected chi connectivity index (χ2v) is 7.41. The summed E-state index contributed by atoms with van der Waals surface area (Å²) in [5.74, 6) is 4.93. The zero-order valence-corrected chi connectivity index (χ0v) is 12.5. The maximum Gasteiger partial charge on any atom is 0.140 e. The van der Waals surface area contributed by atoms with E-state index in [-0.39, 0.29) is 0 Å². The monoisotopic (exact) mass is 356 g/mol. The van der Waals surface area contributed by atoms with E-state index in [0.717, 1.165) is 38.4 Å². The van der Waals surface area contributed by atoms with E-state index in [1.807, 2.05) is 6.20 Å². The molecule has 3 saturated carbocycles. The summed E-state index contributed by atoms with van der Waals surface area (Å²) in [4.78, 5) is 4.45. The van der Waals surface area contributed by atoms with Gasteiger partial charge in [0.1, 0.15) is 5.82 Å². The molecule has 0 saturated heterocycles. The lowest BCUT2D eigenvalue weighted by Gasteiger charge is -2.12. The first-order chi connectivity index (χ1) is 8.24. The molecule has 3 aliphatic rings. The average molecular weight is 358 g/mol. The van der Waals surface area contributed by atoms with Crippen LogP contribution in [0.5, 0.6) is 0 Å². The highest BCUT2D eigenvalue weighted by Crippen LogP contribution is 2.66. The van der Waals surface area contributed by atoms with Gasteiger partial charge in [0.2, 0.25) is 0 Å². The van der Waals surface area contributed by atoms with Crippen LogP contribution in [0.4, 0.5) is 5.82 Å². The molecular weight excluding hydrogens is 344 g/mol. The molecule has 1 N–H and O–H groups in total. The Kier molecular flexibility index (Phi) is 2.35. The van der Waals surface area contributed by atoms with Crippen molar-refractivity contribution in [2.75, 3.05) is 5.32 Å². The van der Waals surface area contributed by atoms with Gasteiger partial charge in [0.25, 0.3) is 0 Å². The second-order valence-electron chi connectivity index (χ2n) is 5.64. The van der Waals surface area contributed by atoms with E-state index in [9.17, 15) is 0 Å². The van der Waals surface area contributed by atoms with E-state index in [4.69, 9.17) is 0 Å². The molecule has 4 heteroatoms. The Morgan fingerprint density at radius 2 is 1.88 bits per heavy atom. The zero-order chi connectivity index (χ0) is 11.6. The Morgan fingerprint density at radius 3 is 2.53 bits per heavy atom. The Balaban J connectivity index is 1.52. The predicted octanol–water partition coefficient (Wildman–Crippen LogP) is 4.06. The lowest BCUT2D eigenvalue weighted by molar-refractivity contribution is 0.456. The van der Waals surface area contributed by atoms with E-state index >= 15 is 0 Å². The number of nitrogens with zero attached hydrogens (tertiary/aromatic N) is 1. The van der Waals surface area contributed by atoms with Crippen LogP contribution < -0.4 is 5.32 Å². The molecule has 2 bridgehead atoms. The molecule has 1 aromatic heterocycles. The van der Waals surface area contributed by atoms with Crippen LogP contribution in [0.2, 0.25) is 0 Å². The van der Waals surface area contributed by atoms with Crippen molar-refractivity contribution in [3.63, 3.8) is 0 Å². The van der Waals surface area contributed by atoms with Crippen molar-refractivity contribution in [3.05, 3.63) is 21.2 Å². The zero-order valence-electron chi connectivity index (χ0n) is 9.37. The van der Waals surface area contributed by atoms with E-state index in [2.05, 4.69) is 48.2 Å². The number of pyridine rings is 1. The topological polar surface area (TPSA) is 24.9 Å². The van der Waals surface area contributed by atoms with Crippen molar-refractivity contribution >= 4 is 37.7 Å². The molecule has 0 spiro atoms. The van der Waals surface area contributed by atoms with Crippen LogP contribution in [-0.4, -0.2) is 11.0 Å². The maximum atomic E-state index is 4.45. The number of halogens is 2. The van der Waals surface area contributed by atoms with Gasteiger partial charge in [-0.25, -0.2) is 4.98 Å². The quantitative estimate of drug-likeness (QED) is 0.863. The molecule has 1 aromatic rings. The Morgan fingerprint density at radius 1 is 1.18 bits per heavy atom. The van der Waals surface area contributed by atoms with Gasteiger partial charge < -0.3 is 5.32 Å². The number of hydrogen-bond acceptors (Lipinski definition) is 2. The maximum absolute atomic E-state index is 4.45. The van der Waals surface area contributed by atoms with Crippen molar-refractivity contribution < 1.29 is 0 Å². The van der Waals surface area contributed by atoms with Gasteiger partial charge in [-0.15, -0.1) is 0 Å². The standard InChI is InChI=1S/C13H14Br2N2/c14-8-4-9(15)13(16-5-8)17-12-10-6-1-2-7(3-6)11(10)12/h4-7,10-12H,1-3H2,(H,16,17). The summed E-state index contributed by atoms with van der Waals surface area (Å²) in [7, 11) is 0. The molecule has 0 aliphatic heterocycles. The van der Waals surface area contributed by atoms with Gasteiger partial charge in [-0.05, 0) is 80.9 Å². The number of fused-ring (bicyclic) bond motifs is 5. The first kappa shape index (κ1) is 10.8. The van der Waals surface area contributed by atoms with Crippen molar-refractivity contribution in [3.8, 4) is 0 Å². The summed E-state index contributed by atoms with van der Waals surface area (Å²) in [5.41, 5.74) is 0. The highest BCUT2D eigenvalue weighted by Gasteiger charge is 2.65. The summed E-state index contributed by atoms with van der Waals surface area (Å²) >= 11 is 7.01. The number of rotatable bonds is 2. The summed E-state index contributed by atoms with van der Waals surface area (Å²) in [6.07, 6.45) is 6.31. The van der Waals surface area contributed by atoms with Gasteiger partial charge in [-0.1, -0.05) is 0 Å². The lowest BCUT2D eigenvalue weighted by atomic mass is 10.0. The minimum absolute atomic E-state index is 0.700. The lowest BCUT2D eigenvalue weighted by Crippen LogP contribution is -2.13. The minimum Gasteiger partial charge on any atom is -0.366 e. The van der Waals surface area contributed by atoms with Crippen molar-refractivity contribution in [2.45, 2.75) is 25.3 Å². The highest BCUT2D eigenvalue weighted by atomic mass is 79.9. The summed E-state index contributed by atoms with van der Waals surface area (Å²) in [5, 5.41) is 3.64. The van der Waals surface area contributed by atoms with E-state index in [0.29, 0.717) is 6.04 Å². The summed E-state index contributed by atoms with van der Waals surface area (Å²) in [6, 6.07) is 2.76. The van der Waals surface area contributed by atoms with Gasteiger partial charge in [-0.3, -0.25) is 0 Å². The second kappa shape index (κ2) is 3.70. The Labute approximate surface area is 118 Å². The summed E-state index contributed by atoms with van der Waals surface area (Å²) in [6.45, 7) is 0. The number of aromatic nitrogens is 1. The van der Waals surface area contributed by atoms with Crippen LogP contribution in [0.15, 0.2) is 21.2 Å². The van der Waals surface area contributed by atoms with Crippen LogP contribution in [0.1, 0.15) is 19.3 Å². The van der Waals surface area contributed by atoms with E-state index < -0.39 is 0 Å². The first-order valence-corrected chi connectivity index (χ1v) is 7.90. The molecule has 0 radical (unpaired) electrons. The molecule has 90 valence electrons. The van der Waals surface area contributed by atoms with Gasteiger partial charge in [0, 0.05) is 16.7 Å². The molecule has 2 nitrogen and oxygen atoms in total. The fourth-order valence-electron chi connectivity index (χ4n) is 4.20. The van der Waals surface area contributed by atoms with E-state index in [1.54, 1.807) is 0 Å². The van der Waals surface area contributed by atoms with Crippen molar-refractivity contribution in [1.29, 1.82) is 0 Å². The van der Waals surface area contributed by atoms with Crippen LogP contribution in [0.25, 0.3) is 0 Å². The van der Waals surface area contributed by atoms with Crippen molar-refractivity contribution in [1.82, 2.24) is 4.98 Å². The highest BCUT2D eigenvalue weighted by molar-refractivity contribution is 9.11. The normalized spacial score (nSPS) is 41.4. The van der Waals surface area contributed by atoms with Gasteiger partial charge in [0.15, 0.2) is 0 Å². The predicted molar refractivity (Wildman–Crippen MR) is 74.9 cm³/mol. The van der Waals surface area contributed by atoms with Crippen molar-refractivity contribution in [2.24, 2.45) is 23.7 Å². The smallest absolute Gasteiger partial charge is 0.140 e. The number of nitrogens with one attached hydrogen (secondary N) is 1. The average Bonchev–Trinajstić information content (AvgIpc) is 2.70. The molecule has 4 unspecified atom stereocenters. The van der Waals surface area contributed by atoms with Crippen LogP contribution >= 0.6 is 31.9 Å². The minimum atomic E-state index is 0.700. The molecule has 4 atom stereocenters. The van der Waals surface area contributed by atoms with E-state index in [1.165, 1.54) is 19.3 Å². The SMILES string of the molecule is Brc1cnc(NC2C3C4CCC(C4)C23)c(Br)c1. The molecule has 1 heterocycles. The molecule has 4 rings (SSSR count). The largest absolute Gasteiger partial charge is 0.366 e. The van der Waals surface area contributed by atoms with Crippen LogP contribution in [-0.2, 0) is 0 Å². The van der Waals surface area contributed by atoms with Gasteiger partial charge in [-0.2, -0.15) is 0 Å². The Bertz CT molecular complexity index is 460. The third-order valence-corrected chi connectivity index (χ3v) is 5.88. The first-order valence-electron chi connectivity index (χ1n) is 6.31. The van der Waals surface area contributed by atoms with Crippen LogP contribution in [0.3, 0.4) is 0 Å². The fourth-order valence-corrected chi connectivity index (χ4v) is 5.30. The molecule has 17 heavy (non-hydrogen) atoms. The third-order valence-electron chi connectivity index (χ3n) is 4.85. The molecule has 3 aliphatic carbocycles. The molecule has 0 amide bonds.